The van der Waals surface area contributed by atoms with Gasteiger partial charge in [-0.05, 0) is 92.0 Å². The molecular formula is C41H49N. The molecule has 1 aliphatic carbocycles. The zero-order valence-corrected chi connectivity index (χ0v) is 26.3. The van der Waals surface area contributed by atoms with E-state index in [0.717, 1.165) is 64.8 Å². The lowest BCUT2D eigenvalue weighted by Gasteiger charge is -2.21. The van der Waals surface area contributed by atoms with E-state index in [9.17, 15) is 0 Å². The van der Waals surface area contributed by atoms with Crippen LogP contribution in [0.25, 0.3) is 0 Å². The van der Waals surface area contributed by atoms with Crippen LogP contribution in [-0.4, -0.2) is 5.71 Å². The summed E-state index contributed by atoms with van der Waals surface area (Å²) in [5, 5.41) is 0. The monoisotopic (exact) mass is 555 g/mol. The Bertz CT molecular complexity index is 1360. The quantitative estimate of drug-likeness (QED) is 0.141. The van der Waals surface area contributed by atoms with E-state index < -0.39 is 0 Å². The van der Waals surface area contributed by atoms with E-state index in [4.69, 9.17) is 0 Å². The molecule has 0 N–H and O–H groups in total. The largest absolute Gasteiger partial charge is 0.257 e. The first kappa shape index (κ1) is 35.5. The molecule has 0 saturated carbocycles. The highest BCUT2D eigenvalue weighted by Crippen LogP contribution is 2.35. The number of aliphatic imine (C=N–C) groups is 1. The first-order chi connectivity index (χ1) is 20.4. The standard InChI is InChI=1S/C41H49N/c1-10-16-31-38(33(7)8)41(37-30-21-19-17-18-20-27-34(9)32-37)39(25-12-3)35(14-5)28-22-23-29-36(24-11-2)40(26-13-4)42-15-6/h10-13,15-18,20-21,23-27,29-32H,1-2,6-7,9,14,19,22,28H2,3-5,8H3/b18-17-,25-12-,26-13-,27-20-,29-23-,30-21?,31-16-,36-24+,37-32+,39-35-,41-38-,42-40?. The maximum Gasteiger partial charge on any atom is 0.0698 e. The highest BCUT2D eigenvalue weighted by molar-refractivity contribution is 6.10. The van der Waals surface area contributed by atoms with Crippen LogP contribution in [0.1, 0.15) is 53.4 Å². The fourth-order valence-electron chi connectivity index (χ4n) is 4.46. The smallest absolute Gasteiger partial charge is 0.0698 e. The molecule has 1 rings (SSSR count). The molecule has 0 atom stereocenters. The molecule has 1 aliphatic rings. The van der Waals surface area contributed by atoms with Crippen molar-refractivity contribution in [3.8, 4) is 0 Å². The molecule has 0 aromatic carbocycles. The van der Waals surface area contributed by atoms with Crippen LogP contribution < -0.4 is 0 Å². The lowest BCUT2D eigenvalue weighted by molar-refractivity contribution is 0.895. The molecule has 0 fully saturated rings. The summed E-state index contributed by atoms with van der Waals surface area (Å²) >= 11 is 0. The number of hydrogen-bond donors (Lipinski definition) is 0. The van der Waals surface area contributed by atoms with Crippen molar-refractivity contribution in [3.63, 3.8) is 0 Å². The molecule has 218 valence electrons. The lowest BCUT2D eigenvalue weighted by Crippen LogP contribution is -2.02. The van der Waals surface area contributed by atoms with Gasteiger partial charge in [0.25, 0.3) is 0 Å². The maximum atomic E-state index is 4.44. The van der Waals surface area contributed by atoms with Crippen LogP contribution in [-0.2, 0) is 0 Å². The average Bonchev–Trinajstić information content (AvgIpc) is 2.97. The topological polar surface area (TPSA) is 12.4 Å². The number of rotatable bonds is 15. The molecular weight excluding hydrogens is 506 g/mol. The second kappa shape index (κ2) is 21.3. The lowest BCUT2D eigenvalue weighted by atomic mass is 9.84. The summed E-state index contributed by atoms with van der Waals surface area (Å²) in [6.45, 7) is 28.6. The Balaban J connectivity index is 3.84. The highest BCUT2D eigenvalue weighted by Gasteiger charge is 2.16. The summed E-state index contributed by atoms with van der Waals surface area (Å²) in [7, 11) is 0. The Hall–Kier alpha value is -4.49. The number of allylic oxidation sites excluding steroid dienone is 26. The number of hydrogen-bond acceptors (Lipinski definition) is 1. The minimum Gasteiger partial charge on any atom is -0.257 e. The van der Waals surface area contributed by atoms with Crippen molar-refractivity contribution in [2.24, 2.45) is 4.99 Å². The van der Waals surface area contributed by atoms with Crippen LogP contribution in [0.3, 0.4) is 0 Å². The Morgan fingerprint density at radius 3 is 2.31 bits per heavy atom. The Morgan fingerprint density at radius 2 is 1.69 bits per heavy atom. The van der Waals surface area contributed by atoms with E-state index in [1.54, 1.807) is 18.4 Å². The van der Waals surface area contributed by atoms with Crippen molar-refractivity contribution in [2.45, 2.75) is 53.4 Å². The van der Waals surface area contributed by atoms with Crippen molar-refractivity contribution in [1.82, 2.24) is 0 Å². The van der Waals surface area contributed by atoms with Crippen molar-refractivity contribution in [2.75, 3.05) is 0 Å². The van der Waals surface area contributed by atoms with Crippen molar-refractivity contribution in [1.29, 1.82) is 0 Å². The molecule has 0 heterocycles. The van der Waals surface area contributed by atoms with Gasteiger partial charge < -0.3 is 0 Å². The SMILES string of the molecule is C=C\C=C/C(C(=C)C)=C(C(/C=C\C)=C(/CC)CC/C=C\C(=C/C=C)C(/C=C\C)=NC=C)\C1=C\C(=C)/C=C\C=C/CC=C1. The molecule has 0 spiro atoms. The van der Waals surface area contributed by atoms with Gasteiger partial charge in [-0.1, -0.05) is 148 Å². The zero-order chi connectivity index (χ0) is 31.2. The average molecular weight is 556 g/mol. The molecule has 0 aromatic rings. The van der Waals surface area contributed by atoms with Gasteiger partial charge in [0.15, 0.2) is 0 Å². The summed E-state index contributed by atoms with van der Waals surface area (Å²) in [6.07, 6.45) is 42.3. The van der Waals surface area contributed by atoms with Gasteiger partial charge in [0.1, 0.15) is 0 Å². The van der Waals surface area contributed by atoms with Crippen LogP contribution in [0.15, 0.2) is 198 Å². The first-order valence-electron chi connectivity index (χ1n) is 14.6. The van der Waals surface area contributed by atoms with E-state index in [1.807, 2.05) is 43.4 Å². The molecule has 0 aromatic heterocycles. The summed E-state index contributed by atoms with van der Waals surface area (Å²) < 4.78 is 0. The van der Waals surface area contributed by atoms with Gasteiger partial charge in [0.2, 0.25) is 0 Å². The highest BCUT2D eigenvalue weighted by atomic mass is 14.7. The summed E-state index contributed by atoms with van der Waals surface area (Å²) in [5.74, 6) is 0. The first-order valence-corrected chi connectivity index (χ1v) is 14.6. The van der Waals surface area contributed by atoms with Crippen LogP contribution >= 0.6 is 0 Å². The fraction of sp³-hybridized carbons (Fsp3) is 0.195. The Labute approximate surface area is 256 Å². The molecule has 1 heteroatoms. The third-order valence-corrected chi connectivity index (χ3v) is 6.35. The maximum absolute atomic E-state index is 4.44. The molecule has 1 nitrogen and oxygen atoms in total. The minimum atomic E-state index is 0.853. The predicted molar refractivity (Wildman–Crippen MR) is 192 cm³/mol. The molecule has 0 unspecified atom stereocenters. The predicted octanol–water partition coefficient (Wildman–Crippen LogP) is 12.0. The van der Waals surface area contributed by atoms with Crippen molar-refractivity contribution >= 4 is 5.71 Å². The van der Waals surface area contributed by atoms with Crippen molar-refractivity contribution in [3.05, 3.63) is 193 Å². The second-order valence-corrected chi connectivity index (χ2v) is 9.63. The van der Waals surface area contributed by atoms with Crippen LogP contribution in [0, 0.1) is 0 Å². The van der Waals surface area contributed by atoms with Gasteiger partial charge in [-0.3, -0.25) is 4.99 Å². The Morgan fingerprint density at radius 1 is 0.929 bits per heavy atom. The third kappa shape index (κ3) is 12.4. The van der Waals surface area contributed by atoms with Gasteiger partial charge in [-0.25, -0.2) is 0 Å². The van der Waals surface area contributed by atoms with Gasteiger partial charge in [0, 0.05) is 6.20 Å². The molecule has 0 saturated heterocycles. The molecule has 0 radical (unpaired) electrons. The summed E-state index contributed by atoms with van der Waals surface area (Å²) in [4.78, 5) is 4.44. The molecule has 0 bridgehead atoms. The van der Waals surface area contributed by atoms with Crippen molar-refractivity contribution < 1.29 is 0 Å². The van der Waals surface area contributed by atoms with Gasteiger partial charge in [0.05, 0.1) is 5.71 Å². The Kier molecular flexibility index (Phi) is 18.0. The summed E-state index contributed by atoms with van der Waals surface area (Å²) in [5.41, 5.74) is 9.70. The fourth-order valence-corrected chi connectivity index (χ4v) is 4.46. The normalized spacial score (nSPS) is 19.0. The van der Waals surface area contributed by atoms with Crippen LogP contribution in [0.2, 0.25) is 0 Å². The van der Waals surface area contributed by atoms with E-state index in [-0.39, 0.29) is 0 Å². The van der Waals surface area contributed by atoms with E-state index in [0.29, 0.717) is 0 Å². The van der Waals surface area contributed by atoms with E-state index >= 15 is 0 Å². The van der Waals surface area contributed by atoms with Crippen LogP contribution in [0.4, 0.5) is 0 Å². The zero-order valence-electron chi connectivity index (χ0n) is 26.3. The summed E-state index contributed by atoms with van der Waals surface area (Å²) in [6, 6.07) is 0. The third-order valence-electron chi connectivity index (χ3n) is 6.35. The number of nitrogens with zero attached hydrogens (tertiary/aromatic N) is 1. The van der Waals surface area contributed by atoms with Gasteiger partial charge in [-0.15, -0.1) is 0 Å². The van der Waals surface area contributed by atoms with Crippen LogP contribution in [0.5, 0.6) is 0 Å². The minimum absolute atomic E-state index is 0.853. The second-order valence-electron chi connectivity index (χ2n) is 9.63. The van der Waals surface area contributed by atoms with E-state index in [2.05, 4.69) is 119 Å². The molecule has 42 heavy (non-hydrogen) atoms. The van der Waals surface area contributed by atoms with Gasteiger partial charge >= 0.3 is 0 Å². The molecule has 0 aliphatic heterocycles. The molecule has 0 amide bonds. The van der Waals surface area contributed by atoms with E-state index in [1.165, 1.54) is 11.1 Å². The van der Waals surface area contributed by atoms with Gasteiger partial charge in [-0.2, -0.15) is 0 Å².